The minimum absolute atomic E-state index is 0.707. The van der Waals surface area contributed by atoms with Crippen molar-refractivity contribution in [3.63, 3.8) is 0 Å². The molecule has 2 aliphatic carbocycles. The topological polar surface area (TPSA) is 28.4 Å². The molecule has 3 aliphatic rings. The lowest BCUT2D eigenvalue weighted by atomic mass is 9.85. The van der Waals surface area contributed by atoms with E-state index in [2.05, 4.69) is 16.3 Å². The first-order valence-electron chi connectivity index (χ1n) is 8.41. The van der Waals surface area contributed by atoms with E-state index in [1.807, 2.05) is 6.07 Å². The van der Waals surface area contributed by atoms with Gasteiger partial charge >= 0.3 is 0 Å². The van der Waals surface area contributed by atoms with Crippen molar-refractivity contribution >= 4 is 0 Å². The van der Waals surface area contributed by atoms with E-state index in [-0.39, 0.29) is 0 Å². The molecule has 1 saturated heterocycles. The Hall–Kier alpha value is -0.800. The lowest BCUT2D eigenvalue weighted by molar-refractivity contribution is 0.211. The van der Waals surface area contributed by atoms with Crippen LogP contribution in [0, 0.1) is 5.92 Å². The molecule has 1 aromatic rings. The molecule has 0 bridgehead atoms. The van der Waals surface area contributed by atoms with Gasteiger partial charge in [-0.1, -0.05) is 12.8 Å². The van der Waals surface area contributed by atoms with Crippen molar-refractivity contribution in [2.24, 2.45) is 5.92 Å². The summed E-state index contributed by atoms with van der Waals surface area (Å²) in [5.74, 6) is 2.07. The lowest BCUT2D eigenvalue weighted by Gasteiger charge is -2.25. The van der Waals surface area contributed by atoms with Crippen LogP contribution in [0.3, 0.4) is 0 Å². The van der Waals surface area contributed by atoms with Crippen molar-refractivity contribution in [1.82, 2.24) is 10.2 Å². The Balaban J connectivity index is 1.36. The molecule has 3 heteroatoms. The molecule has 0 amide bonds. The lowest BCUT2D eigenvalue weighted by Crippen LogP contribution is -2.41. The van der Waals surface area contributed by atoms with Crippen LogP contribution in [0.2, 0.25) is 0 Å². The third-order valence-corrected chi connectivity index (χ3v) is 5.40. The molecule has 0 spiro atoms. The summed E-state index contributed by atoms with van der Waals surface area (Å²) in [5, 5.41) is 3.91. The van der Waals surface area contributed by atoms with Gasteiger partial charge in [-0.2, -0.15) is 0 Å². The first-order valence-corrected chi connectivity index (χ1v) is 8.41. The first kappa shape index (κ1) is 12.9. The van der Waals surface area contributed by atoms with Crippen molar-refractivity contribution in [1.29, 1.82) is 0 Å². The smallest absolute Gasteiger partial charge is 0.117 e. The summed E-state index contributed by atoms with van der Waals surface area (Å²) < 4.78 is 5.54. The van der Waals surface area contributed by atoms with Crippen LogP contribution in [0.4, 0.5) is 0 Å². The highest BCUT2D eigenvalue weighted by Crippen LogP contribution is 2.35. The van der Waals surface area contributed by atoms with Crippen molar-refractivity contribution < 1.29 is 4.42 Å². The van der Waals surface area contributed by atoms with E-state index < -0.39 is 0 Å². The number of rotatable bonds is 5. The van der Waals surface area contributed by atoms with Crippen LogP contribution >= 0.6 is 0 Å². The van der Waals surface area contributed by atoms with E-state index in [4.69, 9.17) is 4.42 Å². The van der Waals surface area contributed by atoms with Gasteiger partial charge in [0.2, 0.25) is 0 Å². The van der Waals surface area contributed by atoms with Gasteiger partial charge in [-0.15, -0.1) is 0 Å². The third kappa shape index (κ3) is 2.79. The van der Waals surface area contributed by atoms with Crippen LogP contribution in [0.15, 0.2) is 22.8 Å². The highest BCUT2D eigenvalue weighted by molar-refractivity contribution is 5.01. The van der Waals surface area contributed by atoms with Crippen molar-refractivity contribution in [2.75, 3.05) is 6.54 Å². The molecule has 0 aromatic carbocycles. The normalized spacial score (nSPS) is 33.5. The van der Waals surface area contributed by atoms with Gasteiger partial charge in [0.1, 0.15) is 5.76 Å². The van der Waals surface area contributed by atoms with Gasteiger partial charge in [0.25, 0.3) is 0 Å². The largest absolute Gasteiger partial charge is 0.468 e. The SMILES string of the molecule is c1coc(CN(CC2CC3CCCCC3N2)C2CC2)c1. The molecule has 3 nitrogen and oxygen atoms in total. The molecule has 0 radical (unpaired) electrons. The molecule has 1 N–H and O–H groups in total. The fraction of sp³-hybridized carbons (Fsp3) is 0.765. The van der Waals surface area contributed by atoms with Crippen LogP contribution in [0.25, 0.3) is 0 Å². The molecule has 3 atom stereocenters. The molecule has 1 aromatic heterocycles. The molecular weight excluding hydrogens is 248 g/mol. The number of hydrogen-bond donors (Lipinski definition) is 1. The number of fused-ring (bicyclic) bond motifs is 1. The van der Waals surface area contributed by atoms with Gasteiger partial charge in [-0.3, -0.25) is 4.90 Å². The zero-order valence-electron chi connectivity index (χ0n) is 12.3. The standard InChI is InChI=1S/C17H26N2O/c1-2-6-17-13(4-1)10-14(18-17)11-19(15-7-8-15)12-16-5-3-9-20-16/h3,5,9,13-15,17-18H,1-2,4,6-8,10-12H2. The zero-order chi connectivity index (χ0) is 13.4. The molecule has 20 heavy (non-hydrogen) atoms. The Bertz CT molecular complexity index is 412. The quantitative estimate of drug-likeness (QED) is 0.894. The summed E-state index contributed by atoms with van der Waals surface area (Å²) in [6, 6.07) is 6.45. The number of furan rings is 1. The number of hydrogen-bond acceptors (Lipinski definition) is 3. The maximum absolute atomic E-state index is 5.54. The molecule has 3 fully saturated rings. The fourth-order valence-corrected chi connectivity index (χ4v) is 4.24. The molecule has 110 valence electrons. The van der Waals surface area contributed by atoms with E-state index in [0.717, 1.165) is 30.3 Å². The van der Waals surface area contributed by atoms with E-state index >= 15 is 0 Å². The monoisotopic (exact) mass is 274 g/mol. The van der Waals surface area contributed by atoms with Crippen LogP contribution in [0.1, 0.15) is 50.7 Å². The predicted octanol–water partition coefficient (Wildman–Crippen LogP) is 3.16. The summed E-state index contributed by atoms with van der Waals surface area (Å²) in [4.78, 5) is 2.65. The van der Waals surface area contributed by atoms with Crippen molar-refractivity contribution in [2.45, 2.75) is 69.6 Å². The summed E-state index contributed by atoms with van der Waals surface area (Å²) in [7, 11) is 0. The van der Waals surface area contributed by atoms with Gasteiger partial charge in [-0.25, -0.2) is 0 Å². The van der Waals surface area contributed by atoms with E-state index in [1.54, 1.807) is 6.26 Å². The maximum atomic E-state index is 5.54. The summed E-state index contributed by atoms with van der Waals surface area (Å²) in [5.41, 5.74) is 0. The maximum Gasteiger partial charge on any atom is 0.117 e. The molecule has 3 unspecified atom stereocenters. The molecule has 4 rings (SSSR count). The van der Waals surface area contributed by atoms with Gasteiger partial charge in [0, 0.05) is 24.7 Å². The summed E-state index contributed by atoms with van der Waals surface area (Å²) in [6.45, 7) is 2.20. The van der Waals surface area contributed by atoms with Gasteiger partial charge in [0.05, 0.1) is 12.8 Å². The van der Waals surface area contributed by atoms with E-state index in [1.165, 1.54) is 51.5 Å². The minimum atomic E-state index is 0.707. The molecule has 1 aliphatic heterocycles. The van der Waals surface area contributed by atoms with E-state index in [9.17, 15) is 0 Å². The van der Waals surface area contributed by atoms with Gasteiger partial charge in [-0.05, 0) is 50.2 Å². The van der Waals surface area contributed by atoms with Crippen LogP contribution in [0.5, 0.6) is 0 Å². The van der Waals surface area contributed by atoms with E-state index in [0.29, 0.717) is 6.04 Å². The number of nitrogens with zero attached hydrogens (tertiary/aromatic N) is 1. The van der Waals surface area contributed by atoms with Crippen molar-refractivity contribution in [3.05, 3.63) is 24.2 Å². The Labute approximate surface area is 121 Å². The molecule has 2 heterocycles. The third-order valence-electron chi connectivity index (χ3n) is 5.40. The Kier molecular flexibility index (Phi) is 3.57. The first-order chi connectivity index (χ1) is 9.88. The Morgan fingerprint density at radius 1 is 1.20 bits per heavy atom. The second-order valence-corrected chi connectivity index (χ2v) is 6.99. The molecular formula is C17H26N2O. The average molecular weight is 274 g/mol. The van der Waals surface area contributed by atoms with Crippen LogP contribution in [-0.4, -0.2) is 29.6 Å². The second-order valence-electron chi connectivity index (χ2n) is 6.99. The fourth-order valence-electron chi connectivity index (χ4n) is 4.24. The molecule has 2 saturated carbocycles. The Morgan fingerprint density at radius 2 is 2.10 bits per heavy atom. The zero-order valence-corrected chi connectivity index (χ0v) is 12.3. The average Bonchev–Trinajstić information content (AvgIpc) is 3.03. The summed E-state index contributed by atoms with van der Waals surface area (Å²) >= 11 is 0. The second kappa shape index (κ2) is 5.53. The van der Waals surface area contributed by atoms with Gasteiger partial charge < -0.3 is 9.73 Å². The highest BCUT2D eigenvalue weighted by atomic mass is 16.3. The Morgan fingerprint density at radius 3 is 2.85 bits per heavy atom. The predicted molar refractivity (Wildman–Crippen MR) is 79.4 cm³/mol. The number of nitrogens with one attached hydrogen (secondary N) is 1. The minimum Gasteiger partial charge on any atom is -0.468 e. The summed E-state index contributed by atoms with van der Waals surface area (Å²) in [6.07, 6.45) is 11.7. The highest BCUT2D eigenvalue weighted by Gasteiger charge is 2.38. The van der Waals surface area contributed by atoms with Crippen LogP contribution in [-0.2, 0) is 6.54 Å². The van der Waals surface area contributed by atoms with Crippen molar-refractivity contribution in [3.8, 4) is 0 Å². The van der Waals surface area contributed by atoms with Crippen LogP contribution < -0.4 is 5.32 Å². The van der Waals surface area contributed by atoms with Gasteiger partial charge in [0.15, 0.2) is 0 Å².